The first-order chi connectivity index (χ1) is 12.7. The lowest BCUT2D eigenvalue weighted by atomic mass is 10.2. The molecule has 0 aliphatic carbocycles. The number of carbonyl (C=O) groups excluding carboxylic acids is 1. The summed E-state index contributed by atoms with van der Waals surface area (Å²) >= 11 is 5.87. The van der Waals surface area contributed by atoms with Crippen LogP contribution in [0.5, 0.6) is 5.75 Å². The van der Waals surface area contributed by atoms with Gasteiger partial charge in [0.15, 0.2) is 0 Å². The molecule has 3 rings (SSSR count). The Labute approximate surface area is 157 Å². The van der Waals surface area contributed by atoms with Gasteiger partial charge in [0.1, 0.15) is 12.4 Å². The summed E-state index contributed by atoms with van der Waals surface area (Å²) in [5.41, 5.74) is 2.55. The number of halogens is 1. The standard InChI is InChI=1S/C21H17ClN2O2/c22-18-9-6-17(7-10-18)15-26-20-5-1-4-19(13-20)24-21(25)11-8-16-3-2-12-23-14-16/h1-14H,15H2,(H,24,25)/b11-8+. The van der Waals surface area contributed by atoms with E-state index < -0.39 is 0 Å². The molecular formula is C21H17ClN2O2. The van der Waals surface area contributed by atoms with Crippen LogP contribution in [0.25, 0.3) is 6.08 Å². The Morgan fingerprint density at radius 1 is 1.12 bits per heavy atom. The number of amides is 1. The summed E-state index contributed by atoms with van der Waals surface area (Å²) in [5, 5.41) is 3.51. The molecule has 0 bridgehead atoms. The fourth-order valence-electron chi connectivity index (χ4n) is 2.24. The van der Waals surface area contributed by atoms with Crippen molar-refractivity contribution in [1.29, 1.82) is 0 Å². The monoisotopic (exact) mass is 364 g/mol. The molecule has 130 valence electrons. The normalized spacial score (nSPS) is 10.7. The van der Waals surface area contributed by atoms with Crippen molar-refractivity contribution in [3.05, 3.63) is 95.3 Å². The SMILES string of the molecule is O=C(/C=C/c1cccnc1)Nc1cccc(OCc2ccc(Cl)cc2)c1. The van der Waals surface area contributed by atoms with Crippen LogP contribution in [0.3, 0.4) is 0 Å². The zero-order chi connectivity index (χ0) is 18.2. The summed E-state index contributed by atoms with van der Waals surface area (Å²) in [7, 11) is 0. The molecule has 3 aromatic rings. The molecule has 0 aliphatic heterocycles. The predicted octanol–water partition coefficient (Wildman–Crippen LogP) is 4.97. The van der Waals surface area contributed by atoms with E-state index in [1.807, 2.05) is 54.6 Å². The minimum absolute atomic E-state index is 0.219. The van der Waals surface area contributed by atoms with Crippen molar-refractivity contribution in [3.63, 3.8) is 0 Å². The Balaban J connectivity index is 1.57. The highest BCUT2D eigenvalue weighted by molar-refractivity contribution is 6.30. The maximum absolute atomic E-state index is 12.0. The van der Waals surface area contributed by atoms with Crippen molar-refractivity contribution < 1.29 is 9.53 Å². The maximum Gasteiger partial charge on any atom is 0.248 e. The molecule has 5 heteroatoms. The van der Waals surface area contributed by atoms with Gasteiger partial charge in [0.25, 0.3) is 0 Å². The van der Waals surface area contributed by atoms with Crippen LogP contribution in [0.2, 0.25) is 5.02 Å². The van der Waals surface area contributed by atoms with E-state index in [1.165, 1.54) is 6.08 Å². The fourth-order valence-corrected chi connectivity index (χ4v) is 2.37. The first-order valence-electron chi connectivity index (χ1n) is 8.05. The molecule has 0 radical (unpaired) electrons. The third kappa shape index (κ3) is 5.46. The van der Waals surface area contributed by atoms with Gasteiger partial charge in [-0.1, -0.05) is 35.9 Å². The number of anilines is 1. The van der Waals surface area contributed by atoms with Crippen LogP contribution in [0.1, 0.15) is 11.1 Å². The molecule has 4 nitrogen and oxygen atoms in total. The summed E-state index contributed by atoms with van der Waals surface area (Å²) in [6.45, 7) is 0.426. The smallest absolute Gasteiger partial charge is 0.248 e. The molecule has 0 saturated carbocycles. The third-order valence-corrected chi connectivity index (χ3v) is 3.78. The molecule has 1 amide bonds. The highest BCUT2D eigenvalue weighted by atomic mass is 35.5. The fraction of sp³-hybridized carbons (Fsp3) is 0.0476. The second kappa shape index (κ2) is 8.83. The van der Waals surface area contributed by atoms with Crippen molar-refractivity contribution >= 4 is 29.3 Å². The zero-order valence-electron chi connectivity index (χ0n) is 13.9. The van der Waals surface area contributed by atoms with E-state index in [0.717, 1.165) is 11.1 Å². The van der Waals surface area contributed by atoms with E-state index in [9.17, 15) is 4.79 Å². The van der Waals surface area contributed by atoms with Crippen LogP contribution < -0.4 is 10.1 Å². The van der Waals surface area contributed by atoms with Gasteiger partial charge >= 0.3 is 0 Å². The van der Waals surface area contributed by atoms with Gasteiger partial charge in [-0.2, -0.15) is 0 Å². The van der Waals surface area contributed by atoms with Gasteiger partial charge in [-0.25, -0.2) is 0 Å². The quantitative estimate of drug-likeness (QED) is 0.628. The lowest BCUT2D eigenvalue weighted by molar-refractivity contribution is -0.111. The summed E-state index contributed by atoms with van der Waals surface area (Å²) in [6, 6.07) is 18.4. The van der Waals surface area contributed by atoms with Crippen LogP contribution in [0, 0.1) is 0 Å². The van der Waals surface area contributed by atoms with Gasteiger partial charge < -0.3 is 10.1 Å². The van der Waals surface area contributed by atoms with Crippen molar-refractivity contribution in [3.8, 4) is 5.75 Å². The Kier molecular flexibility index (Phi) is 6.01. The number of nitrogens with one attached hydrogen (secondary N) is 1. The van der Waals surface area contributed by atoms with Gasteiger partial charge in [-0.3, -0.25) is 9.78 Å². The Morgan fingerprint density at radius 3 is 2.73 bits per heavy atom. The first kappa shape index (κ1) is 17.7. The number of ether oxygens (including phenoxy) is 1. The van der Waals surface area contributed by atoms with Gasteiger partial charge in [0.05, 0.1) is 0 Å². The molecule has 0 fully saturated rings. The molecule has 0 saturated heterocycles. The van der Waals surface area contributed by atoms with Crippen LogP contribution in [0.4, 0.5) is 5.69 Å². The lowest BCUT2D eigenvalue weighted by Crippen LogP contribution is -2.07. The molecule has 0 unspecified atom stereocenters. The minimum Gasteiger partial charge on any atom is -0.489 e. The third-order valence-electron chi connectivity index (χ3n) is 3.53. The zero-order valence-corrected chi connectivity index (χ0v) is 14.7. The number of benzene rings is 2. The molecule has 1 aromatic heterocycles. The number of carbonyl (C=O) groups is 1. The molecule has 26 heavy (non-hydrogen) atoms. The highest BCUT2D eigenvalue weighted by Gasteiger charge is 2.01. The highest BCUT2D eigenvalue weighted by Crippen LogP contribution is 2.19. The number of hydrogen-bond acceptors (Lipinski definition) is 3. The molecule has 1 heterocycles. The van der Waals surface area contributed by atoms with Crippen molar-refractivity contribution in [2.45, 2.75) is 6.61 Å². The lowest BCUT2D eigenvalue weighted by Gasteiger charge is -2.08. The van der Waals surface area contributed by atoms with Crippen LogP contribution in [0.15, 0.2) is 79.1 Å². The summed E-state index contributed by atoms with van der Waals surface area (Å²) in [6.07, 6.45) is 6.56. The van der Waals surface area contributed by atoms with Gasteiger partial charge in [0.2, 0.25) is 5.91 Å². The Hall–Kier alpha value is -3.11. The molecule has 2 aromatic carbocycles. The number of nitrogens with zero attached hydrogens (tertiary/aromatic N) is 1. The van der Waals surface area contributed by atoms with Crippen molar-refractivity contribution in [2.24, 2.45) is 0 Å². The number of pyridine rings is 1. The first-order valence-corrected chi connectivity index (χ1v) is 8.43. The number of aromatic nitrogens is 1. The molecule has 0 spiro atoms. The van der Waals surface area contributed by atoms with E-state index in [2.05, 4.69) is 10.3 Å². The van der Waals surface area contributed by atoms with Crippen LogP contribution in [-0.4, -0.2) is 10.9 Å². The van der Waals surface area contributed by atoms with E-state index >= 15 is 0 Å². The van der Waals surface area contributed by atoms with E-state index in [1.54, 1.807) is 24.5 Å². The average molecular weight is 365 g/mol. The maximum atomic E-state index is 12.0. The van der Waals surface area contributed by atoms with Crippen LogP contribution >= 0.6 is 11.6 Å². The molecule has 0 aliphatic rings. The van der Waals surface area contributed by atoms with E-state index in [4.69, 9.17) is 16.3 Å². The molecular weight excluding hydrogens is 348 g/mol. The second-order valence-electron chi connectivity index (χ2n) is 5.55. The number of rotatable bonds is 6. The van der Waals surface area contributed by atoms with Gasteiger partial charge in [-0.05, 0) is 47.5 Å². The molecule has 0 atom stereocenters. The summed E-state index contributed by atoms with van der Waals surface area (Å²) < 4.78 is 5.76. The minimum atomic E-state index is -0.219. The van der Waals surface area contributed by atoms with Gasteiger partial charge in [0, 0.05) is 35.2 Å². The largest absolute Gasteiger partial charge is 0.489 e. The predicted molar refractivity (Wildman–Crippen MR) is 104 cm³/mol. The summed E-state index contributed by atoms with van der Waals surface area (Å²) in [4.78, 5) is 16.0. The van der Waals surface area contributed by atoms with Crippen molar-refractivity contribution in [2.75, 3.05) is 5.32 Å². The summed E-state index contributed by atoms with van der Waals surface area (Å²) in [5.74, 6) is 0.456. The Morgan fingerprint density at radius 2 is 1.96 bits per heavy atom. The number of hydrogen-bond donors (Lipinski definition) is 1. The van der Waals surface area contributed by atoms with Crippen LogP contribution in [-0.2, 0) is 11.4 Å². The van der Waals surface area contributed by atoms with Crippen molar-refractivity contribution in [1.82, 2.24) is 4.98 Å². The second-order valence-corrected chi connectivity index (χ2v) is 5.99. The van der Waals surface area contributed by atoms with Gasteiger partial charge in [-0.15, -0.1) is 0 Å². The van der Waals surface area contributed by atoms with E-state index in [-0.39, 0.29) is 5.91 Å². The average Bonchev–Trinajstić information content (AvgIpc) is 2.67. The Bertz CT molecular complexity index is 893. The molecule has 1 N–H and O–H groups in total. The van der Waals surface area contributed by atoms with E-state index in [0.29, 0.717) is 23.1 Å². The topological polar surface area (TPSA) is 51.2 Å².